The van der Waals surface area contributed by atoms with Gasteiger partial charge in [-0.25, -0.2) is 14.2 Å². The van der Waals surface area contributed by atoms with E-state index in [1.807, 2.05) is 10.9 Å². The molecule has 0 aliphatic carbocycles. The molecule has 5 rings (SSSR count). The van der Waals surface area contributed by atoms with Crippen molar-refractivity contribution in [3.63, 3.8) is 0 Å². The molecule has 0 saturated carbocycles. The van der Waals surface area contributed by atoms with E-state index in [4.69, 9.17) is 32.8 Å². The van der Waals surface area contributed by atoms with E-state index >= 15 is 0 Å². The van der Waals surface area contributed by atoms with Gasteiger partial charge in [0.15, 0.2) is 46.2 Å². The predicted molar refractivity (Wildman–Crippen MR) is 141 cm³/mol. The van der Waals surface area contributed by atoms with Gasteiger partial charge in [0.1, 0.15) is 31.1 Å². The van der Waals surface area contributed by atoms with Crippen LogP contribution in [0, 0.1) is 24.7 Å². The maximum Gasteiger partial charge on any atom is 0.330 e. The number of halogens is 1. The summed E-state index contributed by atoms with van der Waals surface area (Å²) in [5.74, 6) is 3.73. The van der Waals surface area contributed by atoms with Crippen LogP contribution in [-0.2, 0) is 9.47 Å². The minimum atomic E-state index is -2.67. The lowest BCUT2D eigenvalue weighted by atomic mass is 9.87. The summed E-state index contributed by atoms with van der Waals surface area (Å²) in [6.45, 7) is -1.77. The second-order valence-electron chi connectivity index (χ2n) is 10.4. The van der Waals surface area contributed by atoms with Gasteiger partial charge in [0.2, 0.25) is 0 Å². The normalized spacial score (nSPS) is 35.6. The van der Waals surface area contributed by atoms with E-state index in [1.165, 1.54) is 6.92 Å². The molecule has 5 heterocycles. The van der Waals surface area contributed by atoms with Gasteiger partial charge in [0.25, 0.3) is 5.56 Å². The Morgan fingerprint density at radius 3 is 2.40 bits per heavy atom. The van der Waals surface area contributed by atoms with E-state index in [0.717, 1.165) is 23.2 Å². The van der Waals surface area contributed by atoms with Gasteiger partial charge in [-0.3, -0.25) is 18.9 Å². The minimum absolute atomic E-state index is 0.0148. The van der Waals surface area contributed by atoms with Crippen LogP contribution < -0.4 is 21.7 Å². The number of nitrogens with two attached hydrogens (primary N) is 1. The van der Waals surface area contributed by atoms with Gasteiger partial charge in [-0.2, -0.15) is 9.97 Å². The van der Waals surface area contributed by atoms with Gasteiger partial charge in [-0.1, -0.05) is 11.8 Å². The first-order chi connectivity index (χ1) is 20.2. The van der Waals surface area contributed by atoms with Crippen molar-refractivity contribution in [1.29, 1.82) is 0 Å². The number of terminal acetylenes is 2. The molecule has 0 aromatic carbocycles. The van der Waals surface area contributed by atoms with Crippen molar-refractivity contribution in [3.8, 4) is 30.7 Å². The number of nitrogens with zero attached hydrogens (tertiary/aromatic N) is 5. The van der Waals surface area contributed by atoms with Gasteiger partial charge in [-0.05, 0) is 6.92 Å². The molecule has 17 nitrogen and oxygen atoms in total. The van der Waals surface area contributed by atoms with Gasteiger partial charge in [0, 0.05) is 12.3 Å². The molecular weight excluding hydrogens is 577 g/mol. The van der Waals surface area contributed by atoms with Gasteiger partial charge in [0.05, 0.1) is 12.9 Å². The number of nitrogen functional groups attached to an aromatic ring is 1. The van der Waals surface area contributed by atoms with Crippen LogP contribution in [0.2, 0.25) is 0 Å². The number of imidazole rings is 1. The van der Waals surface area contributed by atoms with Crippen molar-refractivity contribution in [2.24, 2.45) is 0 Å². The van der Waals surface area contributed by atoms with Crippen molar-refractivity contribution in [2.75, 3.05) is 25.6 Å². The van der Waals surface area contributed by atoms with Crippen molar-refractivity contribution in [3.05, 3.63) is 39.4 Å². The summed E-state index contributed by atoms with van der Waals surface area (Å²) < 4.78 is 33.2. The number of nitrogens with one attached hydrogen (secondary N) is 1. The Kier molecular flexibility index (Phi) is 7.07. The standard InChI is InChI=1S/C25H26FN7O10/c1-4-24(39)16(36)22(3,9-34)42-19(24)33-11-28-13-14(27)30-20(31-15(13)33)41-10-23(8-26)17(37)25(40,5-2)18(43-23)32-7-6-12(35)29-21(32)38/h1-2,6-7,11,16-19,34,36-37,39-40H,8-10H2,3H3,(H2,27,30,31)(H,29,35,38)/t16-,17-,18-,19-,22-,23-,24-,25-/m1/s1. The van der Waals surface area contributed by atoms with Crippen molar-refractivity contribution >= 4 is 17.0 Å². The number of aromatic amines is 1. The summed E-state index contributed by atoms with van der Waals surface area (Å²) in [4.78, 5) is 38.0. The molecular formula is C25H26FN7O10. The van der Waals surface area contributed by atoms with Crippen LogP contribution in [0.3, 0.4) is 0 Å². The van der Waals surface area contributed by atoms with Crippen LogP contribution in [0.25, 0.3) is 11.2 Å². The number of aliphatic hydroxyl groups excluding tert-OH is 3. The largest absolute Gasteiger partial charge is 0.460 e. The number of H-pyrrole nitrogens is 1. The molecule has 8 atom stereocenters. The van der Waals surface area contributed by atoms with Crippen LogP contribution in [0.1, 0.15) is 19.4 Å². The Balaban J connectivity index is 1.50. The summed E-state index contributed by atoms with van der Waals surface area (Å²) in [6, 6.07) is 0.393. The molecule has 2 aliphatic rings. The maximum absolute atomic E-state index is 14.6. The van der Waals surface area contributed by atoms with E-state index in [2.05, 4.69) is 20.9 Å². The number of rotatable bonds is 7. The predicted octanol–water partition coefficient (Wildman–Crippen LogP) is -3.70. The quantitative estimate of drug-likeness (QED) is 0.128. The molecule has 2 aliphatic heterocycles. The van der Waals surface area contributed by atoms with E-state index in [1.54, 1.807) is 0 Å². The second-order valence-corrected chi connectivity index (χ2v) is 10.4. The fourth-order valence-corrected chi connectivity index (χ4v) is 5.09. The summed E-state index contributed by atoms with van der Waals surface area (Å²) in [5.41, 5.74) is -5.06. The molecule has 43 heavy (non-hydrogen) atoms. The molecule has 0 amide bonds. The first-order valence-corrected chi connectivity index (χ1v) is 12.5. The van der Waals surface area contributed by atoms with Crippen LogP contribution in [-0.4, -0.2) is 109 Å². The average Bonchev–Trinajstić information content (AvgIpc) is 3.58. The SMILES string of the molecule is C#C[C@@]1(O)[C@H](O)[C@@](CF)(COc2nc(N)c3ncn([C@@H]4O[C@](C)(CO)[C@@H](O)[C@]4(O)C#C)c3n2)O[C@H]1n1ccc(=O)[nH]c1=O. The van der Waals surface area contributed by atoms with Crippen molar-refractivity contribution < 1.29 is 44.1 Å². The zero-order chi connectivity index (χ0) is 31.5. The highest BCUT2D eigenvalue weighted by Gasteiger charge is 2.65. The van der Waals surface area contributed by atoms with E-state index in [0.29, 0.717) is 4.57 Å². The average molecular weight is 604 g/mol. The molecule has 3 aromatic rings. The smallest absolute Gasteiger partial charge is 0.330 e. The third-order valence-corrected chi connectivity index (χ3v) is 7.62. The fourth-order valence-electron chi connectivity index (χ4n) is 5.09. The molecule has 228 valence electrons. The lowest BCUT2D eigenvalue weighted by molar-refractivity contribution is -0.135. The molecule has 0 unspecified atom stereocenters. The Labute approximate surface area is 240 Å². The van der Waals surface area contributed by atoms with E-state index < -0.39 is 84.2 Å². The van der Waals surface area contributed by atoms with Gasteiger partial charge in [-0.15, -0.1) is 12.8 Å². The highest BCUT2D eigenvalue weighted by molar-refractivity contribution is 5.82. The van der Waals surface area contributed by atoms with Crippen LogP contribution in [0.4, 0.5) is 10.2 Å². The molecule has 3 aromatic heterocycles. The maximum atomic E-state index is 14.6. The summed E-state index contributed by atoms with van der Waals surface area (Å²) in [5, 5.41) is 53.6. The van der Waals surface area contributed by atoms with Crippen LogP contribution >= 0.6 is 0 Å². The molecule has 0 spiro atoms. The number of alkyl halides is 1. The lowest BCUT2D eigenvalue weighted by Crippen LogP contribution is -2.54. The molecule has 18 heteroatoms. The fraction of sp³-hybridized carbons (Fsp3) is 0.480. The number of hydrogen-bond acceptors (Lipinski definition) is 14. The second kappa shape index (κ2) is 10.1. The Morgan fingerprint density at radius 2 is 1.79 bits per heavy atom. The first kappa shape index (κ1) is 30.1. The van der Waals surface area contributed by atoms with Gasteiger partial charge < -0.3 is 45.5 Å². The summed E-state index contributed by atoms with van der Waals surface area (Å²) in [7, 11) is 0. The minimum Gasteiger partial charge on any atom is -0.460 e. The Hall–Kier alpha value is -4.40. The zero-order valence-electron chi connectivity index (χ0n) is 22.3. The van der Waals surface area contributed by atoms with Crippen LogP contribution in [0.5, 0.6) is 6.01 Å². The molecule has 0 bridgehead atoms. The molecule has 2 fully saturated rings. The van der Waals surface area contributed by atoms with Crippen LogP contribution in [0.15, 0.2) is 28.2 Å². The number of fused-ring (bicyclic) bond motifs is 1. The molecule has 0 radical (unpaired) electrons. The van der Waals surface area contributed by atoms with Gasteiger partial charge >= 0.3 is 11.7 Å². The Morgan fingerprint density at radius 1 is 1.14 bits per heavy atom. The third-order valence-electron chi connectivity index (χ3n) is 7.62. The van der Waals surface area contributed by atoms with E-state index in [9.17, 15) is 39.5 Å². The number of ether oxygens (including phenoxy) is 3. The van der Waals surface area contributed by atoms with Crippen molar-refractivity contribution in [2.45, 2.75) is 54.0 Å². The lowest BCUT2D eigenvalue weighted by Gasteiger charge is -2.29. The summed E-state index contributed by atoms with van der Waals surface area (Å²) in [6.07, 6.45) is 5.72. The molecule has 8 N–H and O–H groups in total. The number of anilines is 1. The Bertz CT molecular complexity index is 1780. The highest BCUT2D eigenvalue weighted by atomic mass is 19.1. The first-order valence-electron chi connectivity index (χ1n) is 12.5. The number of aliphatic hydroxyl groups is 5. The topological polar surface area (TPSA) is 253 Å². The third kappa shape index (κ3) is 4.27. The summed E-state index contributed by atoms with van der Waals surface area (Å²) >= 11 is 0. The zero-order valence-corrected chi connectivity index (χ0v) is 22.3. The van der Waals surface area contributed by atoms with Crippen molar-refractivity contribution in [1.82, 2.24) is 29.1 Å². The molecule has 2 saturated heterocycles. The monoisotopic (exact) mass is 603 g/mol. The number of hydrogen-bond donors (Lipinski definition) is 7. The van der Waals surface area contributed by atoms with E-state index in [-0.39, 0.29) is 17.0 Å². The highest BCUT2D eigenvalue weighted by Crippen LogP contribution is 2.46. The number of aromatic nitrogens is 6.